The van der Waals surface area contributed by atoms with Crippen LogP contribution in [0.15, 0.2) is 59.9 Å². The highest BCUT2D eigenvalue weighted by atomic mass is 16.5. The van der Waals surface area contributed by atoms with E-state index >= 15 is 0 Å². The van der Waals surface area contributed by atoms with E-state index in [0.29, 0.717) is 18.0 Å². The zero-order valence-electron chi connectivity index (χ0n) is 19.5. The fraction of sp³-hybridized carbons (Fsp3) is 0.385. The summed E-state index contributed by atoms with van der Waals surface area (Å²) in [5.41, 5.74) is 2.49. The van der Waals surface area contributed by atoms with Gasteiger partial charge in [0.2, 0.25) is 0 Å². The van der Waals surface area contributed by atoms with Crippen molar-refractivity contribution in [2.75, 3.05) is 30.5 Å². The molecule has 0 radical (unpaired) electrons. The van der Waals surface area contributed by atoms with Crippen LogP contribution in [0.1, 0.15) is 45.2 Å². The van der Waals surface area contributed by atoms with Gasteiger partial charge in [-0.1, -0.05) is 39.0 Å². The molecule has 0 spiro atoms. The van der Waals surface area contributed by atoms with Gasteiger partial charge < -0.3 is 14.7 Å². The first-order valence-corrected chi connectivity index (χ1v) is 11.0. The molecule has 170 valence electrons. The van der Waals surface area contributed by atoms with Crippen LogP contribution in [-0.4, -0.2) is 37.5 Å². The molecule has 1 heterocycles. The first-order chi connectivity index (χ1) is 15.2. The van der Waals surface area contributed by atoms with Crippen molar-refractivity contribution in [1.29, 1.82) is 0 Å². The molecule has 2 aromatic carbocycles. The van der Waals surface area contributed by atoms with Gasteiger partial charge in [-0.05, 0) is 42.2 Å². The number of nitrogens with zero attached hydrogens (tertiary/aromatic N) is 2. The second-order valence-electron chi connectivity index (χ2n) is 8.69. The third-order valence-electron chi connectivity index (χ3n) is 5.40. The SMILES string of the molecule is CCCOc1cccc(N2C(=O)C(O)=C(C(=O)CC(C)C)C2c2ccc(N(C)C)cc2)c1. The largest absolute Gasteiger partial charge is 0.503 e. The van der Waals surface area contributed by atoms with E-state index in [1.54, 1.807) is 12.1 Å². The molecule has 1 unspecified atom stereocenters. The molecule has 0 aromatic heterocycles. The second kappa shape index (κ2) is 9.90. The number of hydrogen-bond donors (Lipinski definition) is 1. The number of benzene rings is 2. The maximum Gasteiger partial charge on any atom is 0.294 e. The molecule has 0 fully saturated rings. The van der Waals surface area contributed by atoms with E-state index in [0.717, 1.165) is 17.7 Å². The number of amides is 1. The van der Waals surface area contributed by atoms with Crippen LogP contribution in [0.4, 0.5) is 11.4 Å². The molecular formula is C26H32N2O4. The Morgan fingerprint density at radius 3 is 2.44 bits per heavy atom. The molecule has 0 bridgehead atoms. The number of carbonyl (C=O) groups is 2. The molecule has 6 nitrogen and oxygen atoms in total. The fourth-order valence-corrected chi connectivity index (χ4v) is 3.85. The third-order valence-corrected chi connectivity index (χ3v) is 5.40. The highest BCUT2D eigenvalue weighted by Crippen LogP contribution is 2.42. The Labute approximate surface area is 190 Å². The number of anilines is 2. The van der Waals surface area contributed by atoms with Gasteiger partial charge in [0.1, 0.15) is 5.75 Å². The van der Waals surface area contributed by atoms with Crippen LogP contribution in [0, 0.1) is 5.92 Å². The highest BCUT2D eigenvalue weighted by Gasteiger charge is 2.44. The van der Waals surface area contributed by atoms with Gasteiger partial charge in [-0.25, -0.2) is 0 Å². The summed E-state index contributed by atoms with van der Waals surface area (Å²) in [6, 6.07) is 14.2. The van der Waals surface area contributed by atoms with Crippen molar-refractivity contribution in [3.05, 3.63) is 65.4 Å². The summed E-state index contributed by atoms with van der Waals surface area (Å²) in [7, 11) is 3.90. The molecule has 2 aromatic rings. The molecular weight excluding hydrogens is 404 g/mol. The van der Waals surface area contributed by atoms with Crippen molar-refractivity contribution in [1.82, 2.24) is 0 Å². The number of carbonyl (C=O) groups excluding carboxylic acids is 2. The van der Waals surface area contributed by atoms with Crippen molar-refractivity contribution in [2.24, 2.45) is 5.92 Å². The quantitative estimate of drug-likeness (QED) is 0.595. The van der Waals surface area contributed by atoms with Gasteiger partial charge in [-0.3, -0.25) is 14.5 Å². The summed E-state index contributed by atoms with van der Waals surface area (Å²) >= 11 is 0. The first kappa shape index (κ1) is 23.4. The van der Waals surface area contributed by atoms with Crippen molar-refractivity contribution >= 4 is 23.1 Å². The Bertz CT molecular complexity index is 1010. The van der Waals surface area contributed by atoms with E-state index in [-0.39, 0.29) is 23.7 Å². The lowest BCUT2D eigenvalue weighted by atomic mass is 9.92. The molecule has 1 N–H and O–H groups in total. The van der Waals surface area contributed by atoms with Gasteiger partial charge in [0.25, 0.3) is 5.91 Å². The van der Waals surface area contributed by atoms with Crippen molar-refractivity contribution in [2.45, 2.75) is 39.7 Å². The minimum atomic E-state index is -0.702. The molecule has 32 heavy (non-hydrogen) atoms. The summed E-state index contributed by atoms with van der Waals surface area (Å²) < 4.78 is 5.74. The molecule has 0 saturated carbocycles. The van der Waals surface area contributed by atoms with E-state index in [2.05, 4.69) is 0 Å². The van der Waals surface area contributed by atoms with Crippen LogP contribution in [0.3, 0.4) is 0 Å². The van der Waals surface area contributed by atoms with Crippen molar-refractivity contribution in [3.8, 4) is 5.75 Å². The van der Waals surface area contributed by atoms with Gasteiger partial charge in [0.15, 0.2) is 11.5 Å². The van der Waals surface area contributed by atoms with Crippen molar-refractivity contribution < 1.29 is 19.4 Å². The van der Waals surface area contributed by atoms with Gasteiger partial charge in [-0.2, -0.15) is 0 Å². The van der Waals surface area contributed by atoms with Gasteiger partial charge in [0.05, 0.1) is 18.2 Å². The van der Waals surface area contributed by atoms with Crippen LogP contribution in [0.5, 0.6) is 5.75 Å². The lowest BCUT2D eigenvalue weighted by molar-refractivity contribution is -0.118. The topological polar surface area (TPSA) is 70.1 Å². The normalized spacial score (nSPS) is 16.1. The van der Waals surface area contributed by atoms with E-state index in [4.69, 9.17) is 4.74 Å². The fourth-order valence-electron chi connectivity index (χ4n) is 3.85. The van der Waals surface area contributed by atoms with Gasteiger partial charge in [0, 0.05) is 38.0 Å². The molecule has 1 aliphatic heterocycles. The maximum absolute atomic E-state index is 13.2. The summed E-state index contributed by atoms with van der Waals surface area (Å²) in [6.07, 6.45) is 1.12. The van der Waals surface area contributed by atoms with E-state index in [9.17, 15) is 14.7 Å². The molecule has 1 aliphatic rings. The monoisotopic (exact) mass is 436 g/mol. The number of ether oxygens (including phenoxy) is 1. The van der Waals surface area contributed by atoms with Crippen LogP contribution >= 0.6 is 0 Å². The highest BCUT2D eigenvalue weighted by molar-refractivity contribution is 6.16. The van der Waals surface area contributed by atoms with Gasteiger partial charge >= 0.3 is 0 Å². The molecule has 0 aliphatic carbocycles. The molecule has 1 atom stereocenters. The summed E-state index contributed by atoms with van der Waals surface area (Å²) in [6.45, 7) is 6.48. The smallest absolute Gasteiger partial charge is 0.294 e. The van der Waals surface area contributed by atoms with E-state index in [1.807, 2.05) is 76.2 Å². The lowest BCUT2D eigenvalue weighted by Gasteiger charge is -2.28. The Balaban J connectivity index is 2.09. The third kappa shape index (κ3) is 4.79. The minimum absolute atomic E-state index is 0.106. The molecule has 6 heteroatoms. The standard InChI is InChI=1S/C26H32N2O4/c1-6-14-32-21-9-7-8-20(16-21)28-24(18-10-12-19(13-11-18)27(4)5)23(25(30)26(28)31)22(29)15-17(2)3/h7-13,16-17,24,30H,6,14-15H2,1-5H3. The summed E-state index contributed by atoms with van der Waals surface area (Å²) in [5.74, 6) is -0.521. The summed E-state index contributed by atoms with van der Waals surface area (Å²) in [5, 5.41) is 10.8. The minimum Gasteiger partial charge on any atom is -0.503 e. The van der Waals surface area contributed by atoms with Crippen molar-refractivity contribution in [3.63, 3.8) is 0 Å². The van der Waals surface area contributed by atoms with Crippen LogP contribution in [-0.2, 0) is 9.59 Å². The number of aliphatic hydroxyl groups is 1. The van der Waals surface area contributed by atoms with Crippen LogP contribution in [0.25, 0.3) is 0 Å². The number of Topliss-reactive ketones (excluding diaryl/α,β-unsaturated/α-hetero) is 1. The van der Waals surface area contributed by atoms with Crippen LogP contribution in [0.2, 0.25) is 0 Å². The Kier molecular flexibility index (Phi) is 7.23. The number of hydrogen-bond acceptors (Lipinski definition) is 5. The van der Waals surface area contributed by atoms with Crippen LogP contribution < -0.4 is 14.5 Å². The van der Waals surface area contributed by atoms with E-state index in [1.165, 1.54) is 4.90 Å². The van der Waals surface area contributed by atoms with Gasteiger partial charge in [-0.15, -0.1) is 0 Å². The molecule has 3 rings (SSSR count). The predicted octanol–water partition coefficient (Wildman–Crippen LogP) is 5.06. The number of ketones is 1. The zero-order valence-corrected chi connectivity index (χ0v) is 19.5. The van der Waals surface area contributed by atoms with E-state index < -0.39 is 17.7 Å². The number of aliphatic hydroxyl groups excluding tert-OH is 1. The zero-order chi connectivity index (χ0) is 23.4. The average molecular weight is 437 g/mol. The number of rotatable bonds is 9. The lowest BCUT2D eigenvalue weighted by Crippen LogP contribution is -2.31. The predicted molar refractivity (Wildman–Crippen MR) is 127 cm³/mol. The maximum atomic E-state index is 13.2. The Morgan fingerprint density at radius 1 is 1.16 bits per heavy atom. The molecule has 1 amide bonds. The molecule has 0 saturated heterocycles. The second-order valence-corrected chi connectivity index (χ2v) is 8.69. The Morgan fingerprint density at radius 2 is 1.84 bits per heavy atom. The first-order valence-electron chi connectivity index (χ1n) is 11.0. The summed E-state index contributed by atoms with van der Waals surface area (Å²) in [4.78, 5) is 29.8. The average Bonchev–Trinajstić information content (AvgIpc) is 3.03. The Hall–Kier alpha value is -3.28.